The molecule has 0 atom stereocenters. The van der Waals surface area contributed by atoms with Crippen LogP contribution in [0.2, 0.25) is 0 Å². The van der Waals surface area contributed by atoms with Crippen molar-refractivity contribution in [1.29, 1.82) is 5.26 Å². The van der Waals surface area contributed by atoms with Crippen molar-refractivity contribution >= 4 is 22.7 Å². The molecule has 0 radical (unpaired) electrons. The van der Waals surface area contributed by atoms with Crippen LogP contribution in [-0.4, -0.2) is 49.4 Å². The first-order valence-electron chi connectivity index (χ1n) is 11.0. The Balaban J connectivity index is 1.32. The molecule has 1 aliphatic heterocycles. The number of H-pyrrole nitrogens is 1. The van der Waals surface area contributed by atoms with Crippen LogP contribution in [0.25, 0.3) is 11.0 Å². The van der Waals surface area contributed by atoms with E-state index in [1.54, 1.807) is 18.5 Å². The fourth-order valence-corrected chi connectivity index (χ4v) is 4.94. The highest BCUT2D eigenvalue weighted by atomic mass is 16.2. The number of aromatic amines is 1. The molecule has 5 rings (SSSR count). The molecule has 8 heteroatoms. The van der Waals surface area contributed by atoms with Crippen LogP contribution in [0.1, 0.15) is 72.0 Å². The lowest BCUT2D eigenvalue weighted by Crippen LogP contribution is -2.46. The Bertz CT molecular complexity index is 1280. The molecule has 0 aromatic carbocycles. The van der Waals surface area contributed by atoms with Crippen molar-refractivity contribution < 1.29 is 9.59 Å². The Labute approximate surface area is 186 Å². The van der Waals surface area contributed by atoms with Crippen molar-refractivity contribution in [3.8, 4) is 6.07 Å². The number of rotatable bonds is 1. The van der Waals surface area contributed by atoms with E-state index in [0.717, 1.165) is 24.8 Å². The molecule has 0 unspecified atom stereocenters. The minimum absolute atomic E-state index is 0.0641. The van der Waals surface area contributed by atoms with E-state index >= 15 is 0 Å². The van der Waals surface area contributed by atoms with Gasteiger partial charge in [-0.05, 0) is 51.5 Å². The fourth-order valence-electron chi connectivity index (χ4n) is 4.94. The van der Waals surface area contributed by atoms with Crippen LogP contribution in [-0.2, 0) is 12.0 Å². The number of nitriles is 1. The molecule has 1 amide bonds. The topological polar surface area (TPSA) is 108 Å². The summed E-state index contributed by atoms with van der Waals surface area (Å²) in [7, 11) is 0. The van der Waals surface area contributed by atoms with E-state index in [0.29, 0.717) is 47.4 Å². The van der Waals surface area contributed by atoms with Gasteiger partial charge >= 0.3 is 0 Å². The summed E-state index contributed by atoms with van der Waals surface area (Å²) in [4.78, 5) is 35.2. The molecule has 32 heavy (non-hydrogen) atoms. The minimum atomic E-state index is -0.164. The molecule has 0 bridgehead atoms. The molecule has 3 aromatic heterocycles. The number of pyridine rings is 1. The van der Waals surface area contributed by atoms with Crippen LogP contribution in [0.15, 0.2) is 24.7 Å². The molecule has 1 aliphatic carbocycles. The number of hydrogen-bond donors (Lipinski definition) is 1. The number of piperidine rings is 1. The highest BCUT2D eigenvalue weighted by Crippen LogP contribution is 2.43. The lowest BCUT2D eigenvalue weighted by atomic mass is 9.67. The number of amides is 1. The number of Topliss-reactive ketones (excluding diaryl/α,β-unsaturated/α-hetero) is 1. The Morgan fingerprint density at radius 3 is 2.69 bits per heavy atom. The summed E-state index contributed by atoms with van der Waals surface area (Å²) in [5.74, 6) is 0.0504. The SMILES string of the molecule is CC(C)(C)n1cc2c(n1)C(=O)CC1(CCN(C(=O)c3cnc4c(C#N)c[nH]c4c3)CC1)C2. The van der Waals surface area contributed by atoms with E-state index < -0.39 is 0 Å². The summed E-state index contributed by atoms with van der Waals surface area (Å²) in [6.07, 6.45) is 8.09. The number of nitrogens with one attached hydrogen (secondary N) is 1. The third kappa shape index (κ3) is 3.29. The van der Waals surface area contributed by atoms with Gasteiger partial charge in [0.2, 0.25) is 0 Å². The predicted octanol–water partition coefficient (Wildman–Crippen LogP) is 3.44. The maximum Gasteiger partial charge on any atom is 0.255 e. The number of carbonyl (C=O) groups is 2. The fraction of sp³-hybridized carbons (Fsp3) is 0.458. The van der Waals surface area contributed by atoms with E-state index in [4.69, 9.17) is 5.26 Å². The van der Waals surface area contributed by atoms with Gasteiger partial charge in [0.05, 0.1) is 22.2 Å². The molecule has 3 aromatic rings. The molecule has 164 valence electrons. The quantitative estimate of drug-likeness (QED) is 0.636. The predicted molar refractivity (Wildman–Crippen MR) is 118 cm³/mol. The van der Waals surface area contributed by atoms with E-state index in [1.165, 1.54) is 0 Å². The number of carbonyl (C=O) groups excluding carboxylic acids is 2. The van der Waals surface area contributed by atoms with Gasteiger partial charge < -0.3 is 9.88 Å². The molecule has 2 aliphatic rings. The van der Waals surface area contributed by atoms with Gasteiger partial charge in [-0.15, -0.1) is 0 Å². The average molecular weight is 431 g/mol. The van der Waals surface area contributed by atoms with Crippen LogP contribution >= 0.6 is 0 Å². The highest BCUT2D eigenvalue weighted by molar-refractivity contribution is 5.98. The molecule has 0 saturated carbocycles. The first-order valence-corrected chi connectivity index (χ1v) is 11.0. The van der Waals surface area contributed by atoms with Gasteiger partial charge in [-0.2, -0.15) is 10.4 Å². The van der Waals surface area contributed by atoms with Gasteiger partial charge in [0, 0.05) is 43.7 Å². The van der Waals surface area contributed by atoms with Crippen molar-refractivity contribution in [2.24, 2.45) is 5.41 Å². The first kappa shape index (κ1) is 20.4. The summed E-state index contributed by atoms with van der Waals surface area (Å²) in [5, 5.41) is 13.7. The summed E-state index contributed by atoms with van der Waals surface area (Å²) in [6, 6.07) is 3.85. The third-order valence-electron chi connectivity index (χ3n) is 6.84. The van der Waals surface area contributed by atoms with Crippen molar-refractivity contribution in [2.45, 2.75) is 52.0 Å². The van der Waals surface area contributed by atoms with Crippen molar-refractivity contribution in [1.82, 2.24) is 24.6 Å². The Morgan fingerprint density at radius 2 is 2.00 bits per heavy atom. The first-order chi connectivity index (χ1) is 15.2. The lowest BCUT2D eigenvalue weighted by molar-refractivity contribution is 0.0519. The smallest absolute Gasteiger partial charge is 0.255 e. The van der Waals surface area contributed by atoms with Gasteiger partial charge in [0.1, 0.15) is 17.3 Å². The van der Waals surface area contributed by atoms with Crippen LogP contribution < -0.4 is 0 Å². The normalized spacial score (nSPS) is 18.1. The van der Waals surface area contributed by atoms with E-state index in [1.807, 2.05) is 15.8 Å². The van der Waals surface area contributed by atoms with Crippen molar-refractivity contribution in [3.05, 3.63) is 47.0 Å². The van der Waals surface area contributed by atoms with Gasteiger partial charge in [-0.25, -0.2) is 0 Å². The third-order valence-corrected chi connectivity index (χ3v) is 6.84. The Kier molecular flexibility index (Phi) is 4.48. The Morgan fingerprint density at radius 1 is 1.25 bits per heavy atom. The zero-order valence-corrected chi connectivity index (χ0v) is 18.6. The van der Waals surface area contributed by atoms with E-state index in [-0.39, 0.29) is 22.6 Å². The second kappa shape index (κ2) is 7.02. The molecular formula is C24H26N6O2. The largest absolute Gasteiger partial charge is 0.359 e. The van der Waals surface area contributed by atoms with E-state index in [9.17, 15) is 9.59 Å². The van der Waals surface area contributed by atoms with Gasteiger partial charge in [0.25, 0.3) is 5.91 Å². The number of nitrogens with zero attached hydrogens (tertiary/aromatic N) is 5. The van der Waals surface area contributed by atoms with Crippen LogP contribution in [0.3, 0.4) is 0 Å². The number of fused-ring (bicyclic) bond motifs is 2. The van der Waals surface area contributed by atoms with Gasteiger partial charge in [0.15, 0.2) is 5.78 Å². The maximum absolute atomic E-state index is 13.1. The lowest BCUT2D eigenvalue weighted by Gasteiger charge is -2.43. The number of ketones is 1. The molecular weight excluding hydrogens is 404 g/mol. The second-order valence-electron chi connectivity index (χ2n) is 10.1. The van der Waals surface area contributed by atoms with E-state index in [2.05, 4.69) is 41.9 Å². The number of aromatic nitrogens is 4. The summed E-state index contributed by atoms with van der Waals surface area (Å²) >= 11 is 0. The standard InChI is InChI=1S/C24H26N6O2/c1-23(2,3)30-14-16-9-24(10-19(31)21(16)28-30)4-6-29(7-5-24)22(32)15-8-18-20(27-12-15)17(11-25)13-26-18/h8,12-14,26H,4-7,9-10H2,1-3H3. The molecule has 1 N–H and O–H groups in total. The van der Waals surface area contributed by atoms with Gasteiger partial charge in [-0.3, -0.25) is 19.3 Å². The van der Waals surface area contributed by atoms with Crippen LogP contribution in [0, 0.1) is 16.7 Å². The maximum atomic E-state index is 13.1. The second-order valence-corrected chi connectivity index (χ2v) is 10.1. The molecule has 8 nitrogen and oxygen atoms in total. The summed E-state index contributed by atoms with van der Waals surface area (Å²) in [5.41, 5.74) is 3.62. The monoisotopic (exact) mass is 430 g/mol. The van der Waals surface area contributed by atoms with Crippen molar-refractivity contribution in [2.75, 3.05) is 13.1 Å². The summed E-state index contributed by atoms with van der Waals surface area (Å²) in [6.45, 7) is 7.46. The molecule has 4 heterocycles. The zero-order valence-electron chi connectivity index (χ0n) is 18.6. The van der Waals surface area contributed by atoms with Crippen molar-refractivity contribution in [3.63, 3.8) is 0 Å². The molecule has 1 fully saturated rings. The number of hydrogen-bond acceptors (Lipinski definition) is 5. The van der Waals surface area contributed by atoms with Gasteiger partial charge in [-0.1, -0.05) is 0 Å². The van der Waals surface area contributed by atoms with Crippen LogP contribution in [0.4, 0.5) is 0 Å². The Hall–Kier alpha value is -3.47. The zero-order chi connectivity index (χ0) is 22.7. The minimum Gasteiger partial charge on any atom is -0.359 e. The highest BCUT2D eigenvalue weighted by Gasteiger charge is 2.43. The van der Waals surface area contributed by atoms with Crippen LogP contribution in [0.5, 0.6) is 0 Å². The average Bonchev–Trinajstić information content (AvgIpc) is 3.37. The molecule has 1 saturated heterocycles. The summed E-state index contributed by atoms with van der Waals surface area (Å²) < 4.78 is 1.90. The number of likely N-dealkylation sites (tertiary alicyclic amines) is 1. The molecule has 1 spiro atoms.